The number of fused-ring (bicyclic) bond motifs is 1. The molecule has 0 radical (unpaired) electrons. The Balaban J connectivity index is 1.43. The van der Waals surface area contributed by atoms with E-state index in [1.165, 1.54) is 5.01 Å². The number of rotatable bonds is 6. The Morgan fingerprint density at radius 3 is 2.38 bits per heavy atom. The number of carbonyl (C=O) groups is 2. The zero-order valence-corrected chi connectivity index (χ0v) is 18.4. The lowest BCUT2D eigenvalue weighted by molar-refractivity contribution is -0.135. The van der Waals surface area contributed by atoms with Crippen LogP contribution in [0.15, 0.2) is 102 Å². The molecule has 1 atom stereocenters. The Bertz CT molecular complexity index is 1400. The molecule has 0 fully saturated rings. The van der Waals surface area contributed by atoms with E-state index in [-0.39, 0.29) is 29.9 Å². The number of nitrogens with zero attached hydrogens (tertiary/aromatic N) is 2. The molecular weight excluding hydrogens is 426 g/mol. The summed E-state index contributed by atoms with van der Waals surface area (Å²) < 4.78 is 5.69. The highest BCUT2D eigenvalue weighted by atomic mass is 16.5. The van der Waals surface area contributed by atoms with Crippen LogP contribution in [0.3, 0.4) is 0 Å². The van der Waals surface area contributed by atoms with Gasteiger partial charge in [-0.1, -0.05) is 78.9 Å². The van der Waals surface area contributed by atoms with E-state index in [0.717, 1.165) is 27.6 Å². The minimum atomic E-state index is -0.608. The molecule has 0 unspecified atom stereocenters. The van der Waals surface area contributed by atoms with Gasteiger partial charge in [-0.3, -0.25) is 9.59 Å². The normalized spacial score (nSPS) is 15.2. The van der Waals surface area contributed by atoms with Crippen molar-refractivity contribution in [3.05, 3.63) is 114 Å². The third-order valence-corrected chi connectivity index (χ3v) is 5.94. The van der Waals surface area contributed by atoms with E-state index in [1.807, 2.05) is 48.5 Å². The number of para-hydroxylation sites is 1. The molecule has 6 heteroatoms. The molecule has 6 nitrogen and oxygen atoms in total. The predicted molar refractivity (Wildman–Crippen MR) is 132 cm³/mol. The zero-order valence-electron chi connectivity index (χ0n) is 18.4. The van der Waals surface area contributed by atoms with Crippen molar-refractivity contribution in [1.29, 1.82) is 0 Å². The summed E-state index contributed by atoms with van der Waals surface area (Å²) in [6.07, 6.45) is 0.589. The highest BCUT2D eigenvalue weighted by Gasteiger charge is 2.33. The molecule has 1 aliphatic heterocycles. The molecule has 4 aromatic carbocycles. The van der Waals surface area contributed by atoms with E-state index >= 15 is 0 Å². The second kappa shape index (κ2) is 9.19. The molecule has 2 amide bonds. The van der Waals surface area contributed by atoms with Crippen molar-refractivity contribution in [2.75, 3.05) is 6.61 Å². The van der Waals surface area contributed by atoms with Gasteiger partial charge in [0, 0.05) is 6.42 Å². The first-order chi connectivity index (χ1) is 16.6. The molecule has 1 aliphatic rings. The summed E-state index contributed by atoms with van der Waals surface area (Å²) in [5, 5.41) is 8.49. The zero-order chi connectivity index (χ0) is 23.5. The number of primary amides is 1. The van der Waals surface area contributed by atoms with Crippen molar-refractivity contribution in [3.63, 3.8) is 0 Å². The minimum Gasteiger partial charge on any atom is -0.483 e. The van der Waals surface area contributed by atoms with Gasteiger partial charge in [-0.15, -0.1) is 0 Å². The SMILES string of the molecule is NC(=O)c1ccccc1OCC(=O)N1N=C(c2ccc3ccccc3c2)C[C@H]1c1ccccc1. The highest BCUT2D eigenvalue weighted by molar-refractivity contribution is 6.05. The summed E-state index contributed by atoms with van der Waals surface area (Å²) >= 11 is 0. The van der Waals surface area contributed by atoms with Crippen LogP contribution in [0, 0.1) is 0 Å². The largest absolute Gasteiger partial charge is 0.483 e. The highest BCUT2D eigenvalue weighted by Crippen LogP contribution is 2.33. The molecule has 4 aromatic rings. The summed E-state index contributed by atoms with van der Waals surface area (Å²) in [4.78, 5) is 24.9. The number of amides is 2. The van der Waals surface area contributed by atoms with Gasteiger partial charge in [0.05, 0.1) is 17.3 Å². The Hall–Kier alpha value is -4.45. The van der Waals surface area contributed by atoms with Crippen molar-refractivity contribution in [2.24, 2.45) is 10.8 Å². The van der Waals surface area contributed by atoms with Crippen molar-refractivity contribution in [2.45, 2.75) is 12.5 Å². The second-order valence-electron chi connectivity index (χ2n) is 8.13. The van der Waals surface area contributed by atoms with Gasteiger partial charge < -0.3 is 10.5 Å². The van der Waals surface area contributed by atoms with Crippen LogP contribution >= 0.6 is 0 Å². The van der Waals surface area contributed by atoms with E-state index in [2.05, 4.69) is 24.3 Å². The molecule has 1 heterocycles. The van der Waals surface area contributed by atoms with E-state index in [9.17, 15) is 9.59 Å². The molecule has 0 saturated carbocycles. The van der Waals surface area contributed by atoms with E-state index in [0.29, 0.717) is 6.42 Å². The van der Waals surface area contributed by atoms with Gasteiger partial charge in [-0.05, 0) is 40.1 Å². The van der Waals surface area contributed by atoms with Crippen molar-refractivity contribution < 1.29 is 14.3 Å². The van der Waals surface area contributed by atoms with Gasteiger partial charge in [0.2, 0.25) is 0 Å². The second-order valence-corrected chi connectivity index (χ2v) is 8.13. The Labute approximate surface area is 197 Å². The summed E-state index contributed by atoms with van der Waals surface area (Å²) in [6, 6.07) is 30.6. The van der Waals surface area contributed by atoms with E-state index in [4.69, 9.17) is 15.6 Å². The Morgan fingerprint density at radius 2 is 1.59 bits per heavy atom. The fraction of sp³-hybridized carbons (Fsp3) is 0.107. The van der Waals surface area contributed by atoms with Crippen LogP contribution in [0.25, 0.3) is 10.8 Å². The first-order valence-electron chi connectivity index (χ1n) is 11.1. The molecule has 168 valence electrons. The first-order valence-corrected chi connectivity index (χ1v) is 11.1. The predicted octanol–water partition coefficient (Wildman–Crippen LogP) is 4.70. The topological polar surface area (TPSA) is 85.0 Å². The summed E-state index contributed by atoms with van der Waals surface area (Å²) in [5.74, 6) is -0.635. The van der Waals surface area contributed by atoms with Crippen LogP contribution in [-0.4, -0.2) is 29.1 Å². The molecule has 0 aliphatic carbocycles. The number of benzene rings is 4. The molecule has 0 aromatic heterocycles. The van der Waals surface area contributed by atoms with Gasteiger partial charge >= 0.3 is 0 Å². The molecule has 0 bridgehead atoms. The number of hydrazone groups is 1. The number of nitrogens with two attached hydrogens (primary N) is 1. The monoisotopic (exact) mass is 449 g/mol. The van der Waals surface area contributed by atoms with Gasteiger partial charge in [0.25, 0.3) is 11.8 Å². The third-order valence-electron chi connectivity index (χ3n) is 5.94. The molecule has 34 heavy (non-hydrogen) atoms. The average Bonchev–Trinajstić information content (AvgIpc) is 3.33. The fourth-order valence-electron chi connectivity index (χ4n) is 4.22. The maximum absolute atomic E-state index is 13.3. The summed E-state index contributed by atoms with van der Waals surface area (Å²) in [5.41, 5.74) is 8.47. The summed E-state index contributed by atoms with van der Waals surface area (Å²) in [6.45, 7) is -0.262. The third kappa shape index (κ3) is 4.26. The molecule has 2 N–H and O–H groups in total. The average molecular weight is 450 g/mol. The maximum Gasteiger partial charge on any atom is 0.281 e. The first kappa shape index (κ1) is 21.4. The van der Waals surface area contributed by atoms with Crippen LogP contribution in [0.4, 0.5) is 0 Å². The quantitative estimate of drug-likeness (QED) is 0.463. The van der Waals surface area contributed by atoms with Gasteiger partial charge in [-0.2, -0.15) is 5.10 Å². The van der Waals surface area contributed by atoms with Crippen molar-refractivity contribution in [1.82, 2.24) is 5.01 Å². The Kier molecular flexibility index (Phi) is 5.79. The van der Waals surface area contributed by atoms with E-state index < -0.39 is 5.91 Å². The van der Waals surface area contributed by atoms with Gasteiger partial charge in [0.1, 0.15) is 5.75 Å². The molecule has 0 saturated heterocycles. The van der Waals surface area contributed by atoms with Crippen LogP contribution in [0.2, 0.25) is 0 Å². The molecular formula is C28H23N3O3. The number of hydrogen-bond donors (Lipinski definition) is 1. The fourth-order valence-corrected chi connectivity index (χ4v) is 4.22. The van der Waals surface area contributed by atoms with Crippen molar-refractivity contribution >= 4 is 28.3 Å². The summed E-state index contributed by atoms with van der Waals surface area (Å²) in [7, 11) is 0. The standard InChI is InChI=1S/C28H23N3O3/c29-28(33)23-12-6-7-13-26(23)34-18-27(32)31-25(20-9-2-1-3-10-20)17-24(30-31)22-15-14-19-8-4-5-11-21(19)16-22/h1-16,25H,17-18H2,(H2,29,33)/t25-/m0/s1. The lowest BCUT2D eigenvalue weighted by atomic mass is 9.97. The van der Waals surface area contributed by atoms with E-state index in [1.54, 1.807) is 24.3 Å². The number of hydrogen-bond acceptors (Lipinski definition) is 4. The maximum atomic E-state index is 13.3. The van der Waals surface area contributed by atoms with Crippen LogP contribution < -0.4 is 10.5 Å². The lowest BCUT2D eigenvalue weighted by Crippen LogP contribution is -2.31. The molecule has 5 rings (SSSR count). The minimum absolute atomic E-state index is 0.233. The number of carbonyl (C=O) groups excluding carboxylic acids is 2. The lowest BCUT2D eigenvalue weighted by Gasteiger charge is -2.22. The smallest absolute Gasteiger partial charge is 0.281 e. The van der Waals surface area contributed by atoms with Crippen molar-refractivity contribution in [3.8, 4) is 5.75 Å². The Morgan fingerprint density at radius 1 is 0.882 bits per heavy atom. The molecule has 0 spiro atoms. The van der Waals surface area contributed by atoms with Crippen LogP contribution in [0.5, 0.6) is 5.75 Å². The number of ether oxygens (including phenoxy) is 1. The van der Waals surface area contributed by atoms with Crippen LogP contribution in [0.1, 0.15) is 33.9 Å². The van der Waals surface area contributed by atoms with Gasteiger partial charge in [0.15, 0.2) is 6.61 Å². The van der Waals surface area contributed by atoms with Crippen LogP contribution in [-0.2, 0) is 4.79 Å². The van der Waals surface area contributed by atoms with Gasteiger partial charge in [-0.25, -0.2) is 5.01 Å².